The second-order valence-electron chi connectivity index (χ2n) is 7.17. The summed E-state index contributed by atoms with van der Waals surface area (Å²) in [6.07, 6.45) is 5.64. The van der Waals surface area contributed by atoms with Crippen LogP contribution in [0.3, 0.4) is 0 Å². The minimum absolute atomic E-state index is 0.0654. The summed E-state index contributed by atoms with van der Waals surface area (Å²) in [6.45, 7) is 0.354. The third-order valence-electron chi connectivity index (χ3n) is 5.05. The molecule has 0 aliphatic heterocycles. The minimum atomic E-state index is -0.520. The predicted molar refractivity (Wildman–Crippen MR) is 108 cm³/mol. The second-order valence-corrected chi connectivity index (χ2v) is 7.17. The van der Waals surface area contributed by atoms with Crippen LogP contribution in [0.2, 0.25) is 0 Å². The van der Waals surface area contributed by atoms with Crippen molar-refractivity contribution >= 4 is 11.8 Å². The molecule has 1 aliphatic carbocycles. The van der Waals surface area contributed by atoms with E-state index in [1.54, 1.807) is 0 Å². The lowest BCUT2D eigenvalue weighted by atomic mass is 9.95. The fourth-order valence-electron chi connectivity index (χ4n) is 3.42. The third kappa shape index (κ3) is 7.96. The molecule has 1 aromatic carbocycles. The number of hydrogen-bond donors (Lipinski definition) is 3. The van der Waals surface area contributed by atoms with E-state index in [-0.39, 0.29) is 30.9 Å². The average molecular weight is 392 g/mol. The van der Waals surface area contributed by atoms with Crippen molar-refractivity contribution in [3.05, 3.63) is 35.9 Å². The van der Waals surface area contributed by atoms with E-state index in [2.05, 4.69) is 16.0 Å². The Morgan fingerprint density at radius 2 is 1.75 bits per heavy atom. The lowest BCUT2D eigenvalue weighted by molar-refractivity contribution is -0.129. The zero-order valence-corrected chi connectivity index (χ0v) is 16.9. The highest BCUT2D eigenvalue weighted by molar-refractivity contribution is 5.84. The summed E-state index contributed by atoms with van der Waals surface area (Å²) in [5, 5.41) is 9.01. The van der Waals surface area contributed by atoms with Gasteiger partial charge in [0.25, 0.3) is 0 Å². The van der Waals surface area contributed by atoms with E-state index < -0.39 is 12.3 Å². The molecule has 3 N–H and O–H groups in total. The highest BCUT2D eigenvalue weighted by Gasteiger charge is 2.22. The summed E-state index contributed by atoms with van der Waals surface area (Å²) in [7, 11) is 3.05. The second kappa shape index (κ2) is 12.5. The first-order chi connectivity index (χ1) is 13.6. The SMILES string of the molecule is COC(CNC(=O)[C@H](Cc1ccccc1)NCC(=O)NC1CCCCC1)OC. The van der Waals surface area contributed by atoms with Gasteiger partial charge in [0.1, 0.15) is 0 Å². The Bertz CT molecular complexity index is 587. The number of nitrogens with one attached hydrogen (secondary N) is 3. The van der Waals surface area contributed by atoms with Crippen molar-refractivity contribution in [1.29, 1.82) is 0 Å². The lowest BCUT2D eigenvalue weighted by Gasteiger charge is -2.24. The van der Waals surface area contributed by atoms with E-state index in [0.29, 0.717) is 6.42 Å². The van der Waals surface area contributed by atoms with Gasteiger partial charge in [-0.2, -0.15) is 0 Å². The number of carbonyl (C=O) groups excluding carboxylic acids is 2. The molecule has 1 aliphatic rings. The van der Waals surface area contributed by atoms with Gasteiger partial charge in [-0.3, -0.25) is 14.9 Å². The molecule has 0 radical (unpaired) electrons. The van der Waals surface area contributed by atoms with Crippen LogP contribution in [0.5, 0.6) is 0 Å². The smallest absolute Gasteiger partial charge is 0.237 e. The monoisotopic (exact) mass is 391 g/mol. The van der Waals surface area contributed by atoms with E-state index in [1.807, 2.05) is 30.3 Å². The van der Waals surface area contributed by atoms with Crippen molar-refractivity contribution in [3.63, 3.8) is 0 Å². The molecule has 0 saturated heterocycles. The largest absolute Gasteiger partial charge is 0.354 e. The fraction of sp³-hybridized carbons (Fsp3) is 0.619. The Kier molecular flexibility index (Phi) is 9.96. The van der Waals surface area contributed by atoms with Gasteiger partial charge in [-0.05, 0) is 24.8 Å². The van der Waals surface area contributed by atoms with Gasteiger partial charge >= 0.3 is 0 Å². The first-order valence-electron chi connectivity index (χ1n) is 10.0. The lowest BCUT2D eigenvalue weighted by Crippen LogP contribution is -2.51. The van der Waals surface area contributed by atoms with E-state index >= 15 is 0 Å². The Balaban J connectivity index is 1.89. The Morgan fingerprint density at radius 3 is 2.39 bits per heavy atom. The molecule has 0 bridgehead atoms. The van der Waals surface area contributed by atoms with E-state index in [0.717, 1.165) is 31.2 Å². The van der Waals surface area contributed by atoms with Crippen LogP contribution in [0.15, 0.2) is 30.3 Å². The molecule has 7 nitrogen and oxygen atoms in total. The number of amides is 2. The molecular weight excluding hydrogens is 358 g/mol. The Morgan fingerprint density at radius 1 is 1.07 bits per heavy atom. The van der Waals surface area contributed by atoms with Crippen molar-refractivity contribution in [1.82, 2.24) is 16.0 Å². The van der Waals surface area contributed by atoms with Crippen molar-refractivity contribution < 1.29 is 19.1 Å². The summed E-state index contributed by atoms with van der Waals surface area (Å²) in [5.41, 5.74) is 1.03. The highest BCUT2D eigenvalue weighted by atomic mass is 16.7. The van der Waals surface area contributed by atoms with Gasteiger partial charge in [-0.25, -0.2) is 0 Å². The number of ether oxygens (including phenoxy) is 2. The Labute approximate surface area is 167 Å². The van der Waals surface area contributed by atoms with Crippen molar-refractivity contribution in [2.24, 2.45) is 0 Å². The topological polar surface area (TPSA) is 88.7 Å². The molecule has 1 aromatic rings. The van der Waals surface area contributed by atoms with E-state index in [9.17, 15) is 9.59 Å². The maximum Gasteiger partial charge on any atom is 0.237 e. The molecule has 0 aromatic heterocycles. The van der Waals surface area contributed by atoms with Gasteiger partial charge in [0, 0.05) is 20.3 Å². The van der Waals surface area contributed by atoms with Crippen LogP contribution in [-0.2, 0) is 25.5 Å². The summed E-state index contributed by atoms with van der Waals surface area (Å²) >= 11 is 0. The van der Waals surface area contributed by atoms with Gasteiger partial charge in [-0.15, -0.1) is 0 Å². The van der Waals surface area contributed by atoms with Crippen LogP contribution in [-0.4, -0.2) is 57.5 Å². The molecule has 0 unspecified atom stereocenters. The minimum Gasteiger partial charge on any atom is -0.354 e. The zero-order chi connectivity index (χ0) is 20.2. The third-order valence-corrected chi connectivity index (χ3v) is 5.05. The van der Waals surface area contributed by atoms with E-state index in [1.165, 1.54) is 20.6 Å². The van der Waals surface area contributed by atoms with Crippen molar-refractivity contribution in [2.45, 2.75) is 56.9 Å². The molecule has 0 heterocycles. The highest BCUT2D eigenvalue weighted by Crippen LogP contribution is 2.17. The molecule has 7 heteroatoms. The number of benzene rings is 1. The maximum absolute atomic E-state index is 12.7. The molecule has 0 spiro atoms. The Hall–Kier alpha value is -1.96. The first-order valence-corrected chi connectivity index (χ1v) is 10.0. The zero-order valence-electron chi connectivity index (χ0n) is 16.9. The van der Waals surface area contributed by atoms with E-state index in [4.69, 9.17) is 9.47 Å². The summed E-state index contributed by atoms with van der Waals surface area (Å²) in [4.78, 5) is 25.0. The van der Waals surface area contributed by atoms with Crippen LogP contribution in [0.1, 0.15) is 37.7 Å². The van der Waals surface area contributed by atoms with Gasteiger partial charge in [0.15, 0.2) is 6.29 Å². The molecule has 1 saturated carbocycles. The van der Waals surface area contributed by atoms with Gasteiger partial charge in [-0.1, -0.05) is 49.6 Å². The summed E-state index contributed by atoms with van der Waals surface area (Å²) < 4.78 is 10.2. The van der Waals surface area contributed by atoms with Crippen molar-refractivity contribution in [2.75, 3.05) is 27.3 Å². The van der Waals surface area contributed by atoms with Crippen LogP contribution in [0, 0.1) is 0 Å². The molecule has 1 fully saturated rings. The normalized spacial score (nSPS) is 16.0. The van der Waals surface area contributed by atoms with Crippen LogP contribution in [0.25, 0.3) is 0 Å². The van der Waals surface area contributed by atoms with Gasteiger partial charge in [0.05, 0.1) is 19.1 Å². The van der Waals surface area contributed by atoms with Gasteiger partial charge < -0.3 is 20.1 Å². The molecular formula is C21H33N3O4. The van der Waals surface area contributed by atoms with Gasteiger partial charge in [0.2, 0.25) is 11.8 Å². The van der Waals surface area contributed by atoms with Crippen LogP contribution in [0.4, 0.5) is 0 Å². The summed E-state index contributed by atoms with van der Waals surface area (Å²) in [5.74, 6) is -0.252. The maximum atomic E-state index is 12.7. The molecule has 1 atom stereocenters. The van der Waals surface area contributed by atoms with Crippen LogP contribution >= 0.6 is 0 Å². The fourth-order valence-corrected chi connectivity index (χ4v) is 3.42. The molecule has 2 amide bonds. The standard InChI is InChI=1S/C21H33N3O4/c1-27-20(28-2)15-23-21(26)18(13-16-9-5-3-6-10-16)22-14-19(25)24-17-11-7-4-8-12-17/h3,5-6,9-10,17-18,20,22H,4,7-8,11-15H2,1-2H3,(H,23,26)(H,24,25)/t18-/m0/s1. The molecule has 2 rings (SSSR count). The summed E-state index contributed by atoms with van der Waals surface area (Å²) in [6, 6.07) is 9.49. The molecule has 156 valence electrons. The average Bonchev–Trinajstić information content (AvgIpc) is 2.73. The quantitative estimate of drug-likeness (QED) is 0.496. The number of carbonyl (C=O) groups is 2. The number of rotatable bonds is 11. The van der Waals surface area contributed by atoms with Crippen LogP contribution < -0.4 is 16.0 Å². The first kappa shape index (κ1) is 22.3. The van der Waals surface area contributed by atoms with Crippen molar-refractivity contribution in [3.8, 4) is 0 Å². The number of methoxy groups -OCH3 is 2. The number of hydrogen-bond acceptors (Lipinski definition) is 5. The predicted octanol–water partition coefficient (Wildman–Crippen LogP) is 1.37. The molecule has 28 heavy (non-hydrogen) atoms.